The van der Waals surface area contributed by atoms with Crippen molar-refractivity contribution in [2.24, 2.45) is 5.73 Å². The zero-order valence-corrected chi connectivity index (χ0v) is 9.05. The Bertz CT molecular complexity index is 504. The lowest BCUT2D eigenvalue weighted by atomic mass is 10.2. The smallest absolute Gasteiger partial charge is 0.0935 e. The van der Waals surface area contributed by atoms with Crippen LogP contribution < -0.4 is 5.73 Å². The maximum atomic E-state index is 5.51. The number of hydrogen-bond acceptors (Lipinski definition) is 4. The summed E-state index contributed by atoms with van der Waals surface area (Å²) in [4.78, 5) is 10.5. The van der Waals surface area contributed by atoms with E-state index in [0.717, 1.165) is 29.9 Å². The van der Waals surface area contributed by atoms with Gasteiger partial charge in [-0.2, -0.15) is 0 Å². The number of thiophene rings is 1. The van der Waals surface area contributed by atoms with Crippen LogP contribution in [0.3, 0.4) is 0 Å². The molecule has 1 aliphatic carbocycles. The number of aromatic nitrogens is 2. The number of nitrogens with two attached hydrogens (primary N) is 1. The molecular weight excluding hydrogens is 206 g/mol. The molecule has 3 rings (SSSR count). The largest absolute Gasteiger partial charge is 0.330 e. The molecule has 0 fully saturated rings. The van der Waals surface area contributed by atoms with Crippen molar-refractivity contribution in [3.63, 3.8) is 0 Å². The average molecular weight is 217 g/mol. The molecule has 2 aromatic rings. The van der Waals surface area contributed by atoms with Gasteiger partial charge < -0.3 is 5.73 Å². The molecule has 0 bridgehead atoms. The van der Waals surface area contributed by atoms with Gasteiger partial charge in [-0.3, -0.25) is 4.98 Å². The summed E-state index contributed by atoms with van der Waals surface area (Å²) in [6.45, 7) is 0.629. The van der Waals surface area contributed by atoms with Gasteiger partial charge >= 0.3 is 0 Å². The lowest BCUT2D eigenvalue weighted by Gasteiger charge is -2.01. The van der Waals surface area contributed by atoms with Gasteiger partial charge in [0.15, 0.2) is 0 Å². The van der Waals surface area contributed by atoms with Crippen molar-refractivity contribution in [3.05, 3.63) is 33.9 Å². The van der Waals surface area contributed by atoms with Crippen molar-refractivity contribution in [1.82, 2.24) is 9.97 Å². The fraction of sp³-hybridized carbons (Fsp3) is 0.273. The van der Waals surface area contributed by atoms with Gasteiger partial charge in [-0.1, -0.05) is 0 Å². The van der Waals surface area contributed by atoms with Crippen molar-refractivity contribution in [2.75, 3.05) is 6.54 Å². The van der Waals surface area contributed by atoms with Gasteiger partial charge in [0.05, 0.1) is 17.1 Å². The number of nitrogens with zero attached hydrogens (tertiary/aromatic N) is 2. The van der Waals surface area contributed by atoms with Crippen LogP contribution in [0.1, 0.15) is 16.3 Å². The molecule has 0 aliphatic heterocycles. The molecule has 15 heavy (non-hydrogen) atoms. The van der Waals surface area contributed by atoms with Crippen molar-refractivity contribution >= 4 is 11.3 Å². The minimum Gasteiger partial charge on any atom is -0.330 e. The molecule has 0 saturated heterocycles. The first-order valence-corrected chi connectivity index (χ1v) is 5.88. The number of rotatable bonds is 2. The Morgan fingerprint density at radius 2 is 2.40 bits per heavy atom. The Balaban J connectivity index is 2.10. The summed E-state index contributed by atoms with van der Waals surface area (Å²) in [5.74, 6) is 0. The zero-order chi connectivity index (χ0) is 10.3. The minimum absolute atomic E-state index is 0.629. The van der Waals surface area contributed by atoms with E-state index in [0.29, 0.717) is 6.54 Å². The lowest BCUT2D eigenvalue weighted by molar-refractivity contribution is 0.902. The molecule has 0 radical (unpaired) electrons. The Hall–Kier alpha value is -1.26. The highest BCUT2D eigenvalue weighted by Gasteiger charge is 2.22. The Kier molecular flexibility index (Phi) is 2.04. The van der Waals surface area contributed by atoms with Crippen LogP contribution in [0.15, 0.2) is 17.6 Å². The molecule has 76 valence electrons. The van der Waals surface area contributed by atoms with Gasteiger partial charge in [0.2, 0.25) is 0 Å². The number of hydrogen-bond donors (Lipinski definition) is 1. The second-order valence-corrected chi connectivity index (χ2v) is 4.63. The maximum Gasteiger partial charge on any atom is 0.0935 e. The summed E-state index contributed by atoms with van der Waals surface area (Å²) >= 11 is 1.78. The zero-order valence-electron chi connectivity index (χ0n) is 8.23. The first-order chi connectivity index (χ1) is 7.38. The standard InChI is InChI=1S/C11H11N3S/c12-3-1-7-6-13-9-5-10-8(2-4-15-10)11(9)14-7/h2,4,6H,1,3,5,12H2. The van der Waals surface area contributed by atoms with E-state index in [1.165, 1.54) is 10.4 Å². The molecule has 0 unspecified atom stereocenters. The Morgan fingerprint density at radius 3 is 3.27 bits per heavy atom. The van der Waals surface area contributed by atoms with Gasteiger partial charge in [0.25, 0.3) is 0 Å². The third-order valence-electron chi connectivity index (χ3n) is 2.63. The van der Waals surface area contributed by atoms with E-state index in [-0.39, 0.29) is 0 Å². The van der Waals surface area contributed by atoms with Crippen molar-refractivity contribution in [2.45, 2.75) is 12.8 Å². The average Bonchev–Trinajstić information content (AvgIpc) is 2.78. The van der Waals surface area contributed by atoms with Gasteiger partial charge in [-0.05, 0) is 18.0 Å². The molecule has 2 aromatic heterocycles. The molecule has 2 heterocycles. The molecule has 0 atom stereocenters. The second kappa shape index (κ2) is 3.40. The fourth-order valence-corrected chi connectivity index (χ4v) is 2.78. The topological polar surface area (TPSA) is 51.8 Å². The van der Waals surface area contributed by atoms with E-state index < -0.39 is 0 Å². The van der Waals surface area contributed by atoms with Gasteiger partial charge in [-0.15, -0.1) is 11.3 Å². The van der Waals surface area contributed by atoms with E-state index in [1.54, 1.807) is 11.3 Å². The van der Waals surface area contributed by atoms with E-state index in [9.17, 15) is 0 Å². The lowest BCUT2D eigenvalue weighted by Crippen LogP contribution is -2.06. The second-order valence-electron chi connectivity index (χ2n) is 3.63. The first-order valence-electron chi connectivity index (χ1n) is 5.00. The summed E-state index contributed by atoms with van der Waals surface area (Å²) in [6, 6.07) is 2.13. The van der Waals surface area contributed by atoms with E-state index in [2.05, 4.69) is 21.4 Å². The van der Waals surface area contributed by atoms with Gasteiger partial charge in [0, 0.05) is 29.5 Å². The summed E-state index contributed by atoms with van der Waals surface area (Å²) in [6.07, 6.45) is 3.60. The maximum absolute atomic E-state index is 5.51. The predicted octanol–water partition coefficient (Wildman–Crippen LogP) is 1.61. The van der Waals surface area contributed by atoms with Crippen molar-refractivity contribution in [3.8, 4) is 11.3 Å². The molecule has 1 aliphatic rings. The molecule has 0 spiro atoms. The molecule has 0 saturated carbocycles. The van der Waals surface area contributed by atoms with Crippen LogP contribution in [0.4, 0.5) is 0 Å². The van der Waals surface area contributed by atoms with Crippen molar-refractivity contribution < 1.29 is 0 Å². The van der Waals surface area contributed by atoms with Crippen LogP contribution in [-0.4, -0.2) is 16.5 Å². The van der Waals surface area contributed by atoms with E-state index >= 15 is 0 Å². The summed E-state index contributed by atoms with van der Waals surface area (Å²) in [5.41, 5.74) is 9.95. The van der Waals surface area contributed by atoms with Crippen LogP contribution in [0.2, 0.25) is 0 Å². The number of fused-ring (bicyclic) bond motifs is 3. The molecule has 0 aromatic carbocycles. The highest BCUT2D eigenvalue weighted by Crippen LogP contribution is 2.37. The fourth-order valence-electron chi connectivity index (χ4n) is 1.90. The third kappa shape index (κ3) is 1.37. The highest BCUT2D eigenvalue weighted by molar-refractivity contribution is 7.10. The van der Waals surface area contributed by atoms with Crippen LogP contribution >= 0.6 is 11.3 Å². The quantitative estimate of drug-likeness (QED) is 0.709. The van der Waals surface area contributed by atoms with Crippen LogP contribution in [0.25, 0.3) is 11.3 Å². The highest BCUT2D eigenvalue weighted by atomic mass is 32.1. The molecule has 4 heteroatoms. The normalized spacial score (nSPS) is 12.6. The molecular formula is C11H11N3S. The van der Waals surface area contributed by atoms with Gasteiger partial charge in [0.1, 0.15) is 0 Å². The van der Waals surface area contributed by atoms with E-state index in [1.807, 2.05) is 6.20 Å². The van der Waals surface area contributed by atoms with Crippen molar-refractivity contribution in [1.29, 1.82) is 0 Å². The molecule has 0 amide bonds. The molecule has 2 N–H and O–H groups in total. The third-order valence-corrected chi connectivity index (χ3v) is 3.55. The summed E-state index contributed by atoms with van der Waals surface area (Å²) in [7, 11) is 0. The van der Waals surface area contributed by atoms with Crippen LogP contribution in [-0.2, 0) is 12.8 Å². The van der Waals surface area contributed by atoms with Crippen LogP contribution in [0.5, 0.6) is 0 Å². The SMILES string of the molecule is NCCc1cnc2c(n1)-c1ccsc1C2. The summed E-state index contributed by atoms with van der Waals surface area (Å²) < 4.78 is 0. The Labute approximate surface area is 92.0 Å². The predicted molar refractivity (Wildman–Crippen MR) is 60.9 cm³/mol. The Morgan fingerprint density at radius 1 is 1.47 bits per heavy atom. The molecule has 3 nitrogen and oxygen atoms in total. The van der Waals surface area contributed by atoms with Gasteiger partial charge in [-0.25, -0.2) is 4.98 Å². The van der Waals surface area contributed by atoms with E-state index in [4.69, 9.17) is 5.73 Å². The minimum atomic E-state index is 0.629. The monoisotopic (exact) mass is 217 g/mol. The van der Waals surface area contributed by atoms with Crippen LogP contribution in [0, 0.1) is 0 Å². The first kappa shape index (κ1) is 9.00. The summed E-state index contributed by atoms with van der Waals surface area (Å²) in [5, 5.41) is 2.12.